The van der Waals surface area contributed by atoms with Gasteiger partial charge in [-0.3, -0.25) is 9.59 Å². The lowest BCUT2D eigenvalue weighted by molar-refractivity contribution is -0.140. The van der Waals surface area contributed by atoms with Gasteiger partial charge in [0, 0.05) is 41.0 Å². The molecule has 1 aromatic heterocycles. The molecule has 8 heteroatoms. The third kappa shape index (κ3) is 5.73. The Labute approximate surface area is 216 Å². The second-order valence-electron chi connectivity index (χ2n) is 9.20. The molecule has 0 radical (unpaired) electrons. The number of aromatic amines is 1. The van der Waals surface area contributed by atoms with Crippen molar-refractivity contribution in [3.05, 3.63) is 70.4 Å². The Morgan fingerprint density at radius 3 is 2.50 bits per heavy atom. The molecule has 0 aliphatic heterocycles. The molecule has 0 spiro atoms. The van der Waals surface area contributed by atoms with Crippen LogP contribution in [0.25, 0.3) is 10.9 Å². The zero-order valence-corrected chi connectivity index (χ0v) is 21.4. The molecule has 1 aliphatic rings. The lowest BCUT2D eigenvalue weighted by Gasteiger charge is -2.33. The summed E-state index contributed by atoms with van der Waals surface area (Å²) in [5.74, 6) is -1.17. The average Bonchev–Trinajstić information content (AvgIpc) is 3.23. The topological polar surface area (TPSA) is 91.5 Å². The number of hydrogen-bond acceptors (Lipinski definition) is 4. The van der Waals surface area contributed by atoms with Gasteiger partial charge in [-0.15, -0.1) is 0 Å². The summed E-state index contributed by atoms with van der Waals surface area (Å²) in [4.78, 5) is 44.8. The number of carbonyl (C=O) groups excluding carboxylic acids is 3. The first kappa shape index (κ1) is 25.8. The third-order valence-electron chi connectivity index (χ3n) is 6.67. The lowest BCUT2D eigenvalue weighted by atomic mass is 9.94. The highest BCUT2D eigenvalue weighted by Gasteiger charge is 2.37. The second-order valence-corrected chi connectivity index (χ2v) is 9.64. The van der Waals surface area contributed by atoms with Crippen molar-refractivity contribution in [1.82, 2.24) is 15.2 Å². The lowest BCUT2D eigenvalue weighted by Crippen LogP contribution is -2.46. The maximum absolute atomic E-state index is 14.0. The summed E-state index contributed by atoms with van der Waals surface area (Å²) in [7, 11) is 0. The van der Waals surface area contributed by atoms with Gasteiger partial charge in [0.25, 0.3) is 0 Å². The van der Waals surface area contributed by atoms with Crippen LogP contribution in [0.5, 0.6) is 0 Å². The highest BCUT2D eigenvalue weighted by Crippen LogP contribution is 2.35. The molecule has 1 atom stereocenters. The summed E-state index contributed by atoms with van der Waals surface area (Å²) < 4.78 is 5.33. The van der Waals surface area contributed by atoms with Crippen molar-refractivity contribution >= 4 is 40.3 Å². The molecule has 0 bridgehead atoms. The molecule has 7 nitrogen and oxygen atoms in total. The quantitative estimate of drug-likeness (QED) is 0.390. The monoisotopic (exact) mass is 509 g/mol. The summed E-state index contributed by atoms with van der Waals surface area (Å²) in [6.07, 6.45) is 5.04. The number of nitrogens with zero attached hydrogens (tertiary/aromatic N) is 1. The highest BCUT2D eigenvalue weighted by atomic mass is 35.5. The van der Waals surface area contributed by atoms with E-state index in [1.54, 1.807) is 25.1 Å². The molecule has 1 saturated carbocycles. The maximum Gasteiger partial charge on any atom is 0.355 e. The number of nitrogens with one attached hydrogen (secondary N) is 2. The Hall–Kier alpha value is -3.32. The average molecular weight is 510 g/mol. The number of fused-ring (bicyclic) bond motifs is 1. The van der Waals surface area contributed by atoms with E-state index in [2.05, 4.69) is 10.3 Å². The van der Waals surface area contributed by atoms with Crippen molar-refractivity contribution in [1.29, 1.82) is 0 Å². The molecule has 2 aromatic carbocycles. The van der Waals surface area contributed by atoms with Crippen molar-refractivity contribution in [3.8, 4) is 0 Å². The second kappa shape index (κ2) is 11.6. The zero-order chi connectivity index (χ0) is 25.7. The first-order chi connectivity index (χ1) is 17.4. The van der Waals surface area contributed by atoms with E-state index in [9.17, 15) is 14.4 Å². The molecule has 4 rings (SSSR count). The summed E-state index contributed by atoms with van der Waals surface area (Å²) >= 11 is 6.23. The van der Waals surface area contributed by atoms with Crippen molar-refractivity contribution in [2.45, 2.75) is 64.6 Å². The molecule has 2 amide bonds. The van der Waals surface area contributed by atoms with E-state index in [1.807, 2.05) is 30.3 Å². The number of carbonyl (C=O) groups is 3. The third-order valence-corrected chi connectivity index (χ3v) is 6.90. The fourth-order valence-corrected chi connectivity index (χ4v) is 5.13. The fraction of sp³-hybridized carbons (Fsp3) is 0.393. The molecule has 1 aliphatic carbocycles. The molecule has 36 heavy (non-hydrogen) atoms. The molecular formula is C28H32ClN3O4. The number of rotatable bonds is 8. The van der Waals surface area contributed by atoms with Gasteiger partial charge < -0.3 is 19.9 Å². The van der Waals surface area contributed by atoms with Gasteiger partial charge in [-0.25, -0.2) is 4.79 Å². The van der Waals surface area contributed by atoms with Gasteiger partial charge in [0.15, 0.2) is 0 Å². The van der Waals surface area contributed by atoms with Crippen LogP contribution in [0.2, 0.25) is 5.02 Å². The summed E-state index contributed by atoms with van der Waals surface area (Å²) in [6, 6.07) is 13.7. The van der Waals surface area contributed by atoms with E-state index < -0.39 is 12.0 Å². The van der Waals surface area contributed by atoms with Crippen LogP contribution in [0.4, 0.5) is 0 Å². The van der Waals surface area contributed by atoms with E-state index in [-0.39, 0.29) is 36.7 Å². The Bertz CT molecular complexity index is 1230. The van der Waals surface area contributed by atoms with Crippen LogP contribution in [-0.2, 0) is 20.9 Å². The van der Waals surface area contributed by atoms with Crippen LogP contribution in [0.1, 0.15) is 73.6 Å². The SMILES string of the molecule is CCOC(=O)c1[nH]c2cc(Cl)ccc2c1C(C(=O)NC1CCCCC1)N(Cc1ccccc1)C(C)=O. The van der Waals surface area contributed by atoms with Crippen molar-refractivity contribution in [2.24, 2.45) is 0 Å². The Kier molecular flexibility index (Phi) is 8.31. The van der Waals surface area contributed by atoms with Gasteiger partial charge in [-0.05, 0) is 37.5 Å². The number of amides is 2. The summed E-state index contributed by atoms with van der Waals surface area (Å²) in [5, 5.41) is 4.31. The van der Waals surface area contributed by atoms with Crippen molar-refractivity contribution in [2.75, 3.05) is 6.61 Å². The standard InChI is InChI=1S/C28H32ClN3O4/c1-3-36-28(35)25-24(22-15-14-20(29)16-23(22)31-25)26(27(34)30-21-12-8-5-9-13-21)32(18(2)33)17-19-10-6-4-7-11-19/h4,6-7,10-11,14-16,21,26,31H,3,5,8-9,12-13,17H2,1-2H3,(H,30,34). The molecule has 1 fully saturated rings. The zero-order valence-electron chi connectivity index (χ0n) is 20.7. The first-order valence-corrected chi connectivity index (χ1v) is 12.9. The number of hydrogen-bond donors (Lipinski definition) is 2. The minimum atomic E-state index is -1.04. The van der Waals surface area contributed by atoms with E-state index in [0.717, 1.165) is 37.7 Å². The normalized spacial score (nSPS) is 14.9. The molecule has 2 N–H and O–H groups in total. The van der Waals surface area contributed by atoms with Crippen LogP contribution in [0.3, 0.4) is 0 Å². The van der Waals surface area contributed by atoms with E-state index in [4.69, 9.17) is 16.3 Å². The minimum Gasteiger partial charge on any atom is -0.461 e. The first-order valence-electron chi connectivity index (χ1n) is 12.5. The number of H-pyrrole nitrogens is 1. The van der Waals surface area contributed by atoms with Gasteiger partial charge in [0.1, 0.15) is 11.7 Å². The fourth-order valence-electron chi connectivity index (χ4n) is 4.96. The van der Waals surface area contributed by atoms with Gasteiger partial charge in [0.2, 0.25) is 11.8 Å². The van der Waals surface area contributed by atoms with Gasteiger partial charge in [0.05, 0.1) is 6.61 Å². The van der Waals surface area contributed by atoms with Crippen LogP contribution in [0.15, 0.2) is 48.5 Å². The minimum absolute atomic E-state index is 0.0324. The van der Waals surface area contributed by atoms with Gasteiger partial charge in [-0.2, -0.15) is 0 Å². The Morgan fingerprint density at radius 1 is 1.11 bits per heavy atom. The van der Waals surface area contributed by atoms with Crippen molar-refractivity contribution in [3.63, 3.8) is 0 Å². The molecule has 190 valence electrons. The van der Waals surface area contributed by atoms with E-state index in [0.29, 0.717) is 21.5 Å². The molecule has 1 heterocycles. The Balaban J connectivity index is 1.86. The largest absolute Gasteiger partial charge is 0.461 e. The summed E-state index contributed by atoms with van der Waals surface area (Å²) in [5.41, 5.74) is 2.04. The van der Waals surface area contributed by atoms with E-state index in [1.165, 1.54) is 11.8 Å². The number of halogens is 1. The number of ether oxygens (including phenoxy) is 1. The Morgan fingerprint density at radius 2 is 1.83 bits per heavy atom. The molecule has 3 aromatic rings. The van der Waals surface area contributed by atoms with Gasteiger partial charge >= 0.3 is 5.97 Å². The number of esters is 1. The van der Waals surface area contributed by atoms with Gasteiger partial charge in [-0.1, -0.05) is 67.3 Å². The van der Waals surface area contributed by atoms with E-state index >= 15 is 0 Å². The smallest absolute Gasteiger partial charge is 0.355 e. The predicted octanol–water partition coefficient (Wildman–Crippen LogP) is 5.54. The van der Waals surface area contributed by atoms with Crippen LogP contribution >= 0.6 is 11.6 Å². The highest BCUT2D eigenvalue weighted by molar-refractivity contribution is 6.31. The van der Waals surface area contributed by atoms with Crippen LogP contribution in [-0.4, -0.2) is 40.3 Å². The maximum atomic E-state index is 14.0. The summed E-state index contributed by atoms with van der Waals surface area (Å²) in [6.45, 7) is 3.55. The van der Waals surface area contributed by atoms with Crippen molar-refractivity contribution < 1.29 is 19.1 Å². The number of aromatic nitrogens is 1. The molecule has 1 unspecified atom stereocenters. The molecular weight excluding hydrogens is 478 g/mol. The molecule has 0 saturated heterocycles. The van der Waals surface area contributed by atoms with Crippen LogP contribution in [0, 0.1) is 0 Å². The van der Waals surface area contributed by atoms with Crippen LogP contribution < -0.4 is 5.32 Å². The predicted molar refractivity (Wildman–Crippen MR) is 140 cm³/mol. The number of benzene rings is 2.